The van der Waals surface area contributed by atoms with E-state index in [1.54, 1.807) is 18.5 Å². The third-order valence-corrected chi connectivity index (χ3v) is 6.86. The molecule has 0 aliphatic carbocycles. The summed E-state index contributed by atoms with van der Waals surface area (Å²) in [6.07, 6.45) is 3.78. The molecule has 1 amide bonds. The maximum Gasteiger partial charge on any atom is 0.254 e. The fourth-order valence-corrected chi connectivity index (χ4v) is 5.02. The third-order valence-electron chi connectivity index (χ3n) is 6.62. The van der Waals surface area contributed by atoms with Crippen molar-refractivity contribution in [3.63, 3.8) is 0 Å². The molecule has 36 heavy (non-hydrogen) atoms. The summed E-state index contributed by atoms with van der Waals surface area (Å²) in [5, 5.41) is 1.58. The van der Waals surface area contributed by atoms with E-state index in [0.29, 0.717) is 36.8 Å². The van der Waals surface area contributed by atoms with Gasteiger partial charge in [-0.2, -0.15) is 0 Å². The van der Waals surface area contributed by atoms with Crippen molar-refractivity contribution in [1.29, 1.82) is 0 Å². The number of hydrogen-bond acceptors (Lipinski definition) is 4. The number of aromatic nitrogens is 3. The van der Waals surface area contributed by atoms with E-state index in [2.05, 4.69) is 39.9 Å². The number of nitrogens with zero attached hydrogens (tertiary/aromatic N) is 5. The summed E-state index contributed by atoms with van der Waals surface area (Å²) in [4.78, 5) is 26.6. The van der Waals surface area contributed by atoms with Gasteiger partial charge in [0, 0.05) is 54.2 Å². The van der Waals surface area contributed by atoms with E-state index >= 15 is 0 Å². The van der Waals surface area contributed by atoms with Gasteiger partial charge in [-0.3, -0.25) is 4.79 Å². The van der Waals surface area contributed by atoms with Gasteiger partial charge in [0.15, 0.2) is 5.65 Å². The van der Waals surface area contributed by atoms with Crippen LogP contribution in [0.25, 0.3) is 27.8 Å². The second kappa shape index (κ2) is 9.47. The average molecular weight is 494 g/mol. The van der Waals surface area contributed by atoms with Crippen molar-refractivity contribution in [3.05, 3.63) is 108 Å². The molecule has 0 unspecified atom stereocenters. The lowest BCUT2D eigenvalue weighted by molar-refractivity contribution is 0.0746. The van der Waals surface area contributed by atoms with E-state index in [4.69, 9.17) is 21.6 Å². The zero-order valence-corrected chi connectivity index (χ0v) is 20.3. The summed E-state index contributed by atoms with van der Waals surface area (Å²) in [7, 11) is 0. The van der Waals surface area contributed by atoms with Crippen LogP contribution in [0.5, 0.6) is 0 Å². The smallest absolute Gasteiger partial charge is 0.254 e. The number of halogens is 1. The van der Waals surface area contributed by atoms with Crippen LogP contribution in [-0.2, 0) is 0 Å². The zero-order valence-electron chi connectivity index (χ0n) is 19.6. The second-order valence-corrected chi connectivity index (χ2v) is 9.24. The highest BCUT2D eigenvalue weighted by Crippen LogP contribution is 2.37. The molecule has 5 aromatic rings. The summed E-state index contributed by atoms with van der Waals surface area (Å²) in [6.45, 7) is 2.58. The molecule has 6 nitrogen and oxygen atoms in total. The van der Waals surface area contributed by atoms with E-state index in [9.17, 15) is 4.79 Å². The predicted octanol–water partition coefficient (Wildman–Crippen LogP) is 5.70. The Balaban J connectivity index is 1.37. The van der Waals surface area contributed by atoms with Gasteiger partial charge in [-0.1, -0.05) is 66.2 Å². The lowest BCUT2D eigenvalue weighted by Gasteiger charge is -2.35. The topological polar surface area (TPSA) is 54.3 Å². The van der Waals surface area contributed by atoms with Crippen molar-refractivity contribution >= 4 is 34.4 Å². The fourth-order valence-electron chi connectivity index (χ4n) is 4.83. The van der Waals surface area contributed by atoms with Crippen molar-refractivity contribution in [2.75, 3.05) is 31.1 Å². The molecule has 0 atom stereocenters. The number of fused-ring (bicyclic) bond motifs is 1. The van der Waals surface area contributed by atoms with Gasteiger partial charge in [-0.25, -0.2) is 9.97 Å². The van der Waals surface area contributed by atoms with Gasteiger partial charge in [0.2, 0.25) is 0 Å². The van der Waals surface area contributed by atoms with E-state index < -0.39 is 0 Å². The molecule has 0 spiro atoms. The van der Waals surface area contributed by atoms with Crippen LogP contribution >= 0.6 is 11.6 Å². The maximum absolute atomic E-state index is 13.0. The maximum atomic E-state index is 13.0. The summed E-state index contributed by atoms with van der Waals surface area (Å²) >= 11 is 6.10. The molecular formula is C29H24ClN5O. The predicted molar refractivity (Wildman–Crippen MR) is 144 cm³/mol. The number of carbonyl (C=O) groups excluding carboxylic acids is 1. The molecule has 178 valence electrons. The lowest BCUT2D eigenvalue weighted by Crippen LogP contribution is -2.49. The number of para-hydroxylation sites is 1. The Hall–Kier alpha value is -4.16. The Bertz CT molecular complexity index is 1530. The number of rotatable bonds is 4. The minimum atomic E-state index is 0.00481. The molecule has 1 fully saturated rings. The molecule has 1 saturated heterocycles. The molecule has 6 rings (SSSR count). The standard InChI is InChI=1S/C29H24ClN5O/c30-23-11-7-10-22(18-23)29(36)34-16-14-33(15-17-34)27-26-25(21-8-3-1-4-9-21)19-35(28(26)32-20-31-27)24-12-5-2-6-13-24/h1-13,18-20H,14-17H2. The van der Waals surface area contributed by atoms with Crippen LogP contribution in [0.2, 0.25) is 5.02 Å². The number of anilines is 1. The molecule has 0 saturated carbocycles. The van der Waals surface area contributed by atoms with Gasteiger partial charge in [0.25, 0.3) is 5.91 Å². The molecule has 0 N–H and O–H groups in total. The van der Waals surface area contributed by atoms with Crippen molar-refractivity contribution in [2.45, 2.75) is 0 Å². The van der Waals surface area contributed by atoms with Crippen LogP contribution in [0.1, 0.15) is 10.4 Å². The van der Waals surface area contributed by atoms with Crippen LogP contribution in [0.15, 0.2) is 97.5 Å². The lowest BCUT2D eigenvalue weighted by atomic mass is 10.1. The first kappa shape index (κ1) is 22.3. The van der Waals surface area contributed by atoms with Gasteiger partial charge in [-0.05, 0) is 35.9 Å². The molecular weight excluding hydrogens is 470 g/mol. The van der Waals surface area contributed by atoms with E-state index in [1.807, 2.05) is 53.4 Å². The quantitative estimate of drug-likeness (QED) is 0.322. The van der Waals surface area contributed by atoms with Gasteiger partial charge >= 0.3 is 0 Å². The van der Waals surface area contributed by atoms with Crippen LogP contribution in [0, 0.1) is 0 Å². The first-order valence-electron chi connectivity index (χ1n) is 12.0. The minimum absolute atomic E-state index is 0.00481. The molecule has 0 bridgehead atoms. The summed E-state index contributed by atoms with van der Waals surface area (Å²) in [5.74, 6) is 0.897. The van der Waals surface area contributed by atoms with Crippen LogP contribution in [-0.4, -0.2) is 51.5 Å². The second-order valence-electron chi connectivity index (χ2n) is 8.80. The van der Waals surface area contributed by atoms with Crippen LogP contribution in [0.4, 0.5) is 5.82 Å². The zero-order chi connectivity index (χ0) is 24.5. The Morgan fingerprint density at radius 2 is 1.53 bits per heavy atom. The van der Waals surface area contributed by atoms with Crippen molar-refractivity contribution in [3.8, 4) is 16.8 Å². The van der Waals surface area contributed by atoms with E-state index in [-0.39, 0.29) is 5.91 Å². The van der Waals surface area contributed by atoms with Gasteiger partial charge in [0.1, 0.15) is 12.1 Å². The Morgan fingerprint density at radius 1 is 0.806 bits per heavy atom. The molecule has 1 aliphatic heterocycles. The van der Waals surface area contributed by atoms with Gasteiger partial charge in [0.05, 0.1) is 5.39 Å². The SMILES string of the molecule is O=C(c1cccc(Cl)c1)N1CCN(c2ncnc3c2c(-c2ccccc2)cn3-c2ccccc2)CC1. The normalized spacial score (nSPS) is 13.8. The summed E-state index contributed by atoms with van der Waals surface area (Å²) in [5.41, 5.74) is 4.73. The number of hydrogen-bond donors (Lipinski definition) is 0. The summed E-state index contributed by atoms with van der Waals surface area (Å²) < 4.78 is 2.13. The average Bonchev–Trinajstić information content (AvgIpc) is 3.34. The summed E-state index contributed by atoms with van der Waals surface area (Å²) in [6, 6.07) is 27.7. The van der Waals surface area contributed by atoms with Crippen molar-refractivity contribution in [2.24, 2.45) is 0 Å². The van der Waals surface area contributed by atoms with Crippen LogP contribution < -0.4 is 4.90 Å². The Morgan fingerprint density at radius 3 is 2.25 bits per heavy atom. The number of piperazine rings is 1. The molecule has 3 aromatic carbocycles. The Kier molecular flexibility index (Phi) is 5.87. The largest absolute Gasteiger partial charge is 0.352 e. The molecule has 7 heteroatoms. The first-order chi connectivity index (χ1) is 17.7. The van der Waals surface area contributed by atoms with E-state index in [0.717, 1.165) is 33.7 Å². The number of benzene rings is 3. The highest BCUT2D eigenvalue weighted by atomic mass is 35.5. The molecule has 2 aromatic heterocycles. The van der Waals surface area contributed by atoms with E-state index in [1.165, 1.54) is 0 Å². The van der Waals surface area contributed by atoms with Gasteiger partial charge in [-0.15, -0.1) is 0 Å². The highest BCUT2D eigenvalue weighted by Gasteiger charge is 2.26. The number of amides is 1. The van der Waals surface area contributed by atoms with Crippen LogP contribution in [0.3, 0.4) is 0 Å². The molecule has 3 heterocycles. The monoisotopic (exact) mass is 493 g/mol. The first-order valence-corrected chi connectivity index (χ1v) is 12.3. The van der Waals surface area contributed by atoms with Gasteiger partial charge < -0.3 is 14.4 Å². The molecule has 0 radical (unpaired) electrons. The molecule has 1 aliphatic rings. The third kappa shape index (κ3) is 4.10. The van der Waals surface area contributed by atoms with Crippen molar-refractivity contribution < 1.29 is 4.79 Å². The number of carbonyl (C=O) groups is 1. The highest BCUT2D eigenvalue weighted by molar-refractivity contribution is 6.31. The Labute approximate surface area is 214 Å². The minimum Gasteiger partial charge on any atom is -0.352 e. The fraction of sp³-hybridized carbons (Fsp3) is 0.138. The van der Waals surface area contributed by atoms with Crippen molar-refractivity contribution in [1.82, 2.24) is 19.4 Å².